The second kappa shape index (κ2) is 7.98. The Kier molecular flexibility index (Phi) is 5.72. The molecular formula is C18H20N2O2. The summed E-state index contributed by atoms with van der Waals surface area (Å²) in [6, 6.07) is 15.0. The van der Waals surface area contributed by atoms with Gasteiger partial charge >= 0.3 is 0 Å². The van der Waals surface area contributed by atoms with Crippen LogP contribution in [-0.4, -0.2) is 18.7 Å². The lowest BCUT2D eigenvalue weighted by atomic mass is 10.1. The van der Waals surface area contributed by atoms with Crippen molar-refractivity contribution in [2.45, 2.75) is 20.3 Å². The van der Waals surface area contributed by atoms with E-state index in [-0.39, 0.29) is 5.91 Å². The van der Waals surface area contributed by atoms with Gasteiger partial charge in [0.25, 0.3) is 5.91 Å². The fourth-order valence-corrected chi connectivity index (χ4v) is 1.94. The van der Waals surface area contributed by atoms with Crippen molar-refractivity contribution in [3.05, 3.63) is 65.2 Å². The first kappa shape index (κ1) is 15.8. The van der Waals surface area contributed by atoms with Gasteiger partial charge in [0.1, 0.15) is 5.75 Å². The normalized spacial score (nSPS) is 10.6. The van der Waals surface area contributed by atoms with Crippen LogP contribution in [0.15, 0.2) is 53.6 Å². The highest BCUT2D eigenvalue weighted by Crippen LogP contribution is 2.11. The fourth-order valence-electron chi connectivity index (χ4n) is 1.94. The molecule has 2 rings (SSSR count). The van der Waals surface area contributed by atoms with Gasteiger partial charge < -0.3 is 4.74 Å². The summed E-state index contributed by atoms with van der Waals surface area (Å²) in [5.74, 6) is 0.503. The molecule has 0 radical (unpaired) electrons. The number of benzene rings is 2. The van der Waals surface area contributed by atoms with E-state index in [4.69, 9.17) is 4.74 Å². The van der Waals surface area contributed by atoms with Crippen molar-refractivity contribution >= 4 is 12.1 Å². The zero-order valence-electron chi connectivity index (χ0n) is 12.9. The maximum Gasteiger partial charge on any atom is 0.271 e. The monoisotopic (exact) mass is 296 g/mol. The molecule has 1 N–H and O–H groups in total. The number of amides is 1. The van der Waals surface area contributed by atoms with E-state index >= 15 is 0 Å². The number of carbonyl (C=O) groups is 1. The van der Waals surface area contributed by atoms with Crippen LogP contribution in [0, 0.1) is 0 Å². The van der Waals surface area contributed by atoms with Gasteiger partial charge in [-0.05, 0) is 48.7 Å². The Morgan fingerprint density at radius 3 is 2.36 bits per heavy atom. The topological polar surface area (TPSA) is 50.7 Å². The van der Waals surface area contributed by atoms with E-state index in [1.54, 1.807) is 30.5 Å². The van der Waals surface area contributed by atoms with Crippen LogP contribution in [0.4, 0.5) is 0 Å². The molecule has 0 aromatic heterocycles. The Bertz CT molecular complexity index is 631. The summed E-state index contributed by atoms with van der Waals surface area (Å²) in [5.41, 5.74) is 5.28. The second-order valence-electron chi connectivity index (χ2n) is 4.75. The van der Waals surface area contributed by atoms with Crippen LogP contribution in [0.5, 0.6) is 5.75 Å². The SMILES string of the molecule is CCOc1ccc(C(=O)N/N=C/c2ccc(CC)cc2)cc1. The number of aryl methyl sites for hydroxylation is 1. The summed E-state index contributed by atoms with van der Waals surface area (Å²) in [5, 5.41) is 3.98. The molecule has 0 saturated carbocycles. The van der Waals surface area contributed by atoms with Crippen molar-refractivity contribution in [3.63, 3.8) is 0 Å². The number of nitrogens with zero attached hydrogens (tertiary/aromatic N) is 1. The van der Waals surface area contributed by atoms with Crippen LogP contribution < -0.4 is 10.2 Å². The highest BCUT2D eigenvalue weighted by atomic mass is 16.5. The van der Waals surface area contributed by atoms with Gasteiger partial charge in [0.15, 0.2) is 0 Å². The molecule has 0 saturated heterocycles. The minimum atomic E-state index is -0.246. The molecule has 4 nitrogen and oxygen atoms in total. The molecule has 2 aromatic rings. The Labute approximate surface area is 130 Å². The van der Waals surface area contributed by atoms with E-state index in [1.807, 2.05) is 19.1 Å². The molecule has 2 aromatic carbocycles. The maximum absolute atomic E-state index is 11.9. The minimum absolute atomic E-state index is 0.246. The van der Waals surface area contributed by atoms with Gasteiger partial charge in [-0.25, -0.2) is 5.43 Å². The Balaban J connectivity index is 1.92. The molecule has 0 spiro atoms. The zero-order valence-corrected chi connectivity index (χ0v) is 12.9. The van der Waals surface area contributed by atoms with E-state index in [0.717, 1.165) is 17.7 Å². The molecule has 0 bridgehead atoms. The molecule has 0 unspecified atom stereocenters. The van der Waals surface area contributed by atoms with E-state index in [0.29, 0.717) is 12.2 Å². The number of hydrogen-bond donors (Lipinski definition) is 1. The number of hydrogen-bond acceptors (Lipinski definition) is 3. The minimum Gasteiger partial charge on any atom is -0.494 e. The molecule has 0 fully saturated rings. The highest BCUT2D eigenvalue weighted by molar-refractivity contribution is 5.94. The molecule has 0 heterocycles. The largest absolute Gasteiger partial charge is 0.494 e. The van der Waals surface area contributed by atoms with Crippen LogP contribution in [-0.2, 0) is 6.42 Å². The van der Waals surface area contributed by atoms with Crippen LogP contribution in [0.25, 0.3) is 0 Å². The van der Waals surface area contributed by atoms with Gasteiger partial charge in [0.2, 0.25) is 0 Å². The number of nitrogens with one attached hydrogen (secondary N) is 1. The molecule has 114 valence electrons. The third-order valence-corrected chi connectivity index (χ3v) is 3.20. The first-order chi connectivity index (χ1) is 10.7. The van der Waals surface area contributed by atoms with Gasteiger partial charge in [-0.3, -0.25) is 4.79 Å². The average molecular weight is 296 g/mol. The molecule has 4 heteroatoms. The average Bonchev–Trinajstić information content (AvgIpc) is 2.56. The Morgan fingerprint density at radius 2 is 1.77 bits per heavy atom. The summed E-state index contributed by atoms with van der Waals surface area (Å²) >= 11 is 0. The predicted molar refractivity (Wildman–Crippen MR) is 88.5 cm³/mol. The van der Waals surface area contributed by atoms with Crippen molar-refractivity contribution in [2.24, 2.45) is 5.10 Å². The van der Waals surface area contributed by atoms with Crippen LogP contribution in [0.2, 0.25) is 0 Å². The first-order valence-corrected chi connectivity index (χ1v) is 7.38. The maximum atomic E-state index is 11.9. The highest BCUT2D eigenvalue weighted by Gasteiger charge is 2.03. The zero-order chi connectivity index (χ0) is 15.8. The molecule has 0 aliphatic rings. The smallest absolute Gasteiger partial charge is 0.271 e. The van der Waals surface area contributed by atoms with Crippen molar-refractivity contribution in [3.8, 4) is 5.75 Å². The molecule has 0 aliphatic carbocycles. The van der Waals surface area contributed by atoms with E-state index in [9.17, 15) is 4.79 Å². The lowest BCUT2D eigenvalue weighted by molar-refractivity contribution is 0.0955. The lowest BCUT2D eigenvalue weighted by Crippen LogP contribution is -2.17. The second-order valence-corrected chi connectivity index (χ2v) is 4.75. The molecular weight excluding hydrogens is 276 g/mol. The van der Waals surface area contributed by atoms with E-state index in [2.05, 4.69) is 29.6 Å². The molecule has 1 amide bonds. The molecule has 22 heavy (non-hydrogen) atoms. The molecule has 0 atom stereocenters. The quantitative estimate of drug-likeness (QED) is 0.656. The number of rotatable bonds is 6. The fraction of sp³-hybridized carbons (Fsp3) is 0.222. The lowest BCUT2D eigenvalue weighted by Gasteiger charge is -2.04. The van der Waals surface area contributed by atoms with Crippen molar-refractivity contribution in [2.75, 3.05) is 6.61 Å². The number of hydrazone groups is 1. The van der Waals surface area contributed by atoms with E-state index < -0.39 is 0 Å². The van der Waals surface area contributed by atoms with Gasteiger partial charge in [0.05, 0.1) is 12.8 Å². The third kappa shape index (κ3) is 4.45. The predicted octanol–water partition coefficient (Wildman–Crippen LogP) is 3.41. The van der Waals surface area contributed by atoms with Crippen LogP contribution >= 0.6 is 0 Å². The first-order valence-electron chi connectivity index (χ1n) is 7.38. The van der Waals surface area contributed by atoms with E-state index in [1.165, 1.54) is 5.56 Å². The summed E-state index contributed by atoms with van der Waals surface area (Å²) < 4.78 is 5.34. The van der Waals surface area contributed by atoms with Crippen LogP contribution in [0.1, 0.15) is 35.3 Å². The number of carbonyl (C=O) groups excluding carboxylic acids is 1. The Hall–Kier alpha value is -2.62. The summed E-state index contributed by atoms with van der Waals surface area (Å²) in [6.45, 7) is 4.63. The standard InChI is InChI=1S/C18H20N2O2/c1-3-14-5-7-15(8-6-14)13-19-20-18(21)16-9-11-17(12-10-16)22-4-2/h5-13H,3-4H2,1-2H3,(H,20,21)/b19-13+. The van der Waals surface area contributed by atoms with Gasteiger partial charge in [-0.1, -0.05) is 31.2 Å². The van der Waals surface area contributed by atoms with Gasteiger partial charge in [0, 0.05) is 5.56 Å². The van der Waals surface area contributed by atoms with Crippen molar-refractivity contribution in [1.82, 2.24) is 5.43 Å². The summed E-state index contributed by atoms with van der Waals surface area (Å²) in [6.07, 6.45) is 2.64. The van der Waals surface area contributed by atoms with Crippen molar-refractivity contribution < 1.29 is 9.53 Å². The third-order valence-electron chi connectivity index (χ3n) is 3.20. The molecule has 0 aliphatic heterocycles. The van der Waals surface area contributed by atoms with Crippen LogP contribution in [0.3, 0.4) is 0 Å². The van der Waals surface area contributed by atoms with Gasteiger partial charge in [-0.2, -0.15) is 5.10 Å². The van der Waals surface area contributed by atoms with Gasteiger partial charge in [-0.15, -0.1) is 0 Å². The van der Waals surface area contributed by atoms with Crippen molar-refractivity contribution in [1.29, 1.82) is 0 Å². The number of ether oxygens (including phenoxy) is 1. The summed E-state index contributed by atoms with van der Waals surface area (Å²) in [4.78, 5) is 11.9. The summed E-state index contributed by atoms with van der Waals surface area (Å²) in [7, 11) is 0. The Morgan fingerprint density at radius 1 is 1.09 bits per heavy atom.